The number of nitrogens with zero attached hydrogens (tertiary/aromatic N) is 1. The van der Waals surface area contributed by atoms with Gasteiger partial charge in [0.15, 0.2) is 0 Å². The first-order valence-corrected chi connectivity index (χ1v) is 7.05. The summed E-state index contributed by atoms with van der Waals surface area (Å²) < 4.78 is 5.31. The molecule has 1 heterocycles. The van der Waals surface area contributed by atoms with Crippen molar-refractivity contribution in [2.45, 2.75) is 20.0 Å². The number of carbonyl (C=O) groups excluding carboxylic acids is 1. The maximum atomic E-state index is 12.1. The fourth-order valence-electron chi connectivity index (χ4n) is 2.03. The first kappa shape index (κ1) is 15.3. The number of benzene rings is 1. The number of hydrogen-bond donors (Lipinski definition) is 2. The summed E-state index contributed by atoms with van der Waals surface area (Å²) in [7, 11) is 0. The first-order chi connectivity index (χ1) is 10.2. The topological polar surface area (TPSA) is 71.5 Å². The summed E-state index contributed by atoms with van der Waals surface area (Å²) in [4.78, 5) is 14.1. The predicted molar refractivity (Wildman–Crippen MR) is 82.6 cm³/mol. The Morgan fingerprint density at radius 3 is 2.62 bits per heavy atom. The summed E-state index contributed by atoms with van der Waals surface area (Å²) in [6, 6.07) is 11.3. The Bertz CT molecular complexity index is 549. The van der Waals surface area contributed by atoms with E-state index in [1.165, 1.54) is 0 Å². The standard InChI is InChI=1S/C16H21N3O2/c1-2-19(11-15-4-3-9-21-15)12-16(20)18-14-7-5-13(10-17)6-8-14/h3-9H,2,10-12,17H2,1H3,(H,18,20). The van der Waals surface area contributed by atoms with Crippen LogP contribution in [0, 0.1) is 0 Å². The maximum absolute atomic E-state index is 12.1. The van der Waals surface area contributed by atoms with Crippen LogP contribution in [0.15, 0.2) is 47.1 Å². The SMILES string of the molecule is CCN(CC(=O)Nc1ccc(CN)cc1)Cc1ccco1. The van der Waals surface area contributed by atoms with E-state index in [4.69, 9.17) is 10.2 Å². The van der Waals surface area contributed by atoms with Crippen LogP contribution < -0.4 is 11.1 Å². The van der Waals surface area contributed by atoms with Crippen molar-refractivity contribution in [3.63, 3.8) is 0 Å². The number of anilines is 1. The highest BCUT2D eigenvalue weighted by atomic mass is 16.3. The van der Waals surface area contributed by atoms with Gasteiger partial charge in [-0.15, -0.1) is 0 Å². The van der Waals surface area contributed by atoms with Crippen LogP contribution in [0.1, 0.15) is 18.2 Å². The Morgan fingerprint density at radius 1 is 1.29 bits per heavy atom. The molecule has 0 aliphatic carbocycles. The molecule has 1 aromatic carbocycles. The molecule has 0 saturated heterocycles. The minimum Gasteiger partial charge on any atom is -0.468 e. The molecule has 0 aliphatic heterocycles. The van der Waals surface area contributed by atoms with Gasteiger partial charge in [-0.2, -0.15) is 0 Å². The number of furan rings is 1. The van der Waals surface area contributed by atoms with E-state index in [1.54, 1.807) is 6.26 Å². The lowest BCUT2D eigenvalue weighted by atomic mass is 10.2. The molecular formula is C16H21N3O2. The number of rotatable bonds is 7. The highest BCUT2D eigenvalue weighted by molar-refractivity contribution is 5.92. The normalized spacial score (nSPS) is 10.8. The number of hydrogen-bond acceptors (Lipinski definition) is 4. The lowest BCUT2D eigenvalue weighted by molar-refractivity contribution is -0.117. The van der Waals surface area contributed by atoms with Crippen LogP contribution in [0.3, 0.4) is 0 Å². The Hall–Kier alpha value is -2.11. The summed E-state index contributed by atoms with van der Waals surface area (Å²) in [5, 5.41) is 2.89. The molecular weight excluding hydrogens is 266 g/mol. The number of nitrogens with one attached hydrogen (secondary N) is 1. The van der Waals surface area contributed by atoms with Gasteiger partial charge < -0.3 is 15.5 Å². The van der Waals surface area contributed by atoms with Gasteiger partial charge in [-0.25, -0.2) is 0 Å². The van der Waals surface area contributed by atoms with E-state index < -0.39 is 0 Å². The van der Waals surface area contributed by atoms with E-state index >= 15 is 0 Å². The van der Waals surface area contributed by atoms with Gasteiger partial charge in [0.25, 0.3) is 0 Å². The highest BCUT2D eigenvalue weighted by Crippen LogP contribution is 2.10. The number of amides is 1. The molecule has 0 unspecified atom stereocenters. The van der Waals surface area contributed by atoms with E-state index in [-0.39, 0.29) is 5.91 Å². The molecule has 0 atom stereocenters. The van der Waals surface area contributed by atoms with Crippen molar-refractivity contribution in [1.29, 1.82) is 0 Å². The van der Waals surface area contributed by atoms with Crippen LogP contribution in [0.5, 0.6) is 0 Å². The third-order valence-corrected chi connectivity index (χ3v) is 3.25. The lowest BCUT2D eigenvalue weighted by Crippen LogP contribution is -2.32. The quantitative estimate of drug-likeness (QED) is 0.819. The van der Waals surface area contributed by atoms with Crippen molar-refractivity contribution < 1.29 is 9.21 Å². The van der Waals surface area contributed by atoms with E-state index in [9.17, 15) is 4.79 Å². The average Bonchev–Trinajstić information content (AvgIpc) is 3.00. The Labute approximate surface area is 124 Å². The molecule has 0 saturated carbocycles. The van der Waals surface area contributed by atoms with Crippen molar-refractivity contribution in [2.24, 2.45) is 5.73 Å². The second-order valence-electron chi connectivity index (χ2n) is 4.83. The molecule has 0 radical (unpaired) electrons. The molecule has 5 nitrogen and oxygen atoms in total. The number of likely N-dealkylation sites (N-methyl/N-ethyl adjacent to an activating group) is 1. The van der Waals surface area contributed by atoms with E-state index in [2.05, 4.69) is 5.32 Å². The second-order valence-corrected chi connectivity index (χ2v) is 4.83. The van der Waals surface area contributed by atoms with Gasteiger partial charge in [-0.3, -0.25) is 9.69 Å². The molecule has 2 aromatic rings. The van der Waals surface area contributed by atoms with Crippen LogP contribution in [-0.4, -0.2) is 23.9 Å². The zero-order chi connectivity index (χ0) is 15.1. The molecule has 5 heteroatoms. The molecule has 21 heavy (non-hydrogen) atoms. The molecule has 2 rings (SSSR count). The summed E-state index contributed by atoms with van der Waals surface area (Å²) >= 11 is 0. The van der Waals surface area contributed by atoms with Crippen LogP contribution in [0.2, 0.25) is 0 Å². The number of carbonyl (C=O) groups is 1. The molecule has 0 spiro atoms. The molecule has 3 N–H and O–H groups in total. The van der Waals surface area contributed by atoms with Crippen LogP contribution in [0.4, 0.5) is 5.69 Å². The smallest absolute Gasteiger partial charge is 0.238 e. The van der Waals surface area contributed by atoms with Gasteiger partial charge >= 0.3 is 0 Å². The molecule has 0 fully saturated rings. The average molecular weight is 287 g/mol. The van der Waals surface area contributed by atoms with Gasteiger partial charge in [0.2, 0.25) is 5.91 Å². The van der Waals surface area contributed by atoms with Crippen molar-refractivity contribution in [3.05, 3.63) is 54.0 Å². The second kappa shape index (κ2) is 7.61. The third-order valence-electron chi connectivity index (χ3n) is 3.25. The van der Waals surface area contributed by atoms with Crippen molar-refractivity contribution in [3.8, 4) is 0 Å². The largest absolute Gasteiger partial charge is 0.468 e. The van der Waals surface area contributed by atoms with Crippen molar-refractivity contribution >= 4 is 11.6 Å². The fourth-order valence-corrected chi connectivity index (χ4v) is 2.03. The third kappa shape index (κ3) is 4.73. The van der Waals surface area contributed by atoms with E-state index in [1.807, 2.05) is 48.2 Å². The van der Waals surface area contributed by atoms with Gasteiger partial charge in [0.05, 0.1) is 19.4 Å². The minimum atomic E-state index is -0.0381. The van der Waals surface area contributed by atoms with Crippen LogP contribution in [-0.2, 0) is 17.9 Å². The highest BCUT2D eigenvalue weighted by Gasteiger charge is 2.11. The molecule has 1 amide bonds. The van der Waals surface area contributed by atoms with Crippen molar-refractivity contribution in [2.75, 3.05) is 18.4 Å². The molecule has 0 bridgehead atoms. The summed E-state index contributed by atoms with van der Waals surface area (Å²) in [6.07, 6.45) is 1.64. The zero-order valence-corrected chi connectivity index (χ0v) is 12.2. The maximum Gasteiger partial charge on any atom is 0.238 e. The van der Waals surface area contributed by atoms with Crippen molar-refractivity contribution in [1.82, 2.24) is 4.90 Å². The molecule has 1 aromatic heterocycles. The Kier molecular flexibility index (Phi) is 5.54. The fraction of sp³-hybridized carbons (Fsp3) is 0.312. The Balaban J connectivity index is 1.86. The van der Waals surface area contributed by atoms with Crippen LogP contribution in [0.25, 0.3) is 0 Å². The van der Waals surface area contributed by atoms with E-state index in [0.29, 0.717) is 19.6 Å². The summed E-state index contributed by atoms with van der Waals surface area (Å²) in [5.74, 6) is 0.820. The predicted octanol–water partition coefficient (Wildman–Crippen LogP) is 2.20. The molecule has 112 valence electrons. The van der Waals surface area contributed by atoms with E-state index in [0.717, 1.165) is 23.6 Å². The van der Waals surface area contributed by atoms with Gasteiger partial charge in [0, 0.05) is 12.2 Å². The lowest BCUT2D eigenvalue weighted by Gasteiger charge is -2.18. The van der Waals surface area contributed by atoms with Gasteiger partial charge in [-0.05, 0) is 36.4 Å². The summed E-state index contributed by atoms with van der Waals surface area (Å²) in [5.41, 5.74) is 7.37. The van der Waals surface area contributed by atoms with Crippen LogP contribution >= 0.6 is 0 Å². The number of nitrogens with two attached hydrogens (primary N) is 1. The first-order valence-electron chi connectivity index (χ1n) is 7.05. The summed E-state index contributed by atoms with van der Waals surface area (Å²) in [6.45, 7) is 4.26. The molecule has 0 aliphatic rings. The minimum absolute atomic E-state index is 0.0381. The van der Waals surface area contributed by atoms with Gasteiger partial charge in [0.1, 0.15) is 5.76 Å². The zero-order valence-electron chi connectivity index (χ0n) is 12.2. The Morgan fingerprint density at radius 2 is 2.05 bits per heavy atom. The monoisotopic (exact) mass is 287 g/mol. The van der Waals surface area contributed by atoms with Gasteiger partial charge in [-0.1, -0.05) is 19.1 Å².